The lowest BCUT2D eigenvalue weighted by Gasteiger charge is -2.39. The molecule has 0 aliphatic carbocycles. The number of fused-ring (bicyclic) bond motifs is 1. The highest BCUT2D eigenvalue weighted by Crippen LogP contribution is 2.39. The van der Waals surface area contributed by atoms with Crippen molar-refractivity contribution in [3.63, 3.8) is 0 Å². The zero-order valence-electron chi connectivity index (χ0n) is 20.9. The monoisotopic (exact) mass is 584 g/mol. The van der Waals surface area contributed by atoms with E-state index < -0.39 is 82.8 Å². The summed E-state index contributed by atoms with van der Waals surface area (Å²) in [6.45, 7) is -0.566. The number of aromatic hydroxyl groups is 4. The summed E-state index contributed by atoms with van der Waals surface area (Å²) in [6.07, 6.45) is -8.76. The Balaban J connectivity index is 0.00000405. The number of hydrogen-bond donors (Lipinski definition) is 7. The third-order valence-corrected chi connectivity index (χ3v) is 6.45. The SMILES string of the molecule is C.O=C(OC[C@H]1O[C@@H](Oc2c(-c3ccc(O)c(O)c3)oc3cc(O)cc(O)c3c2=O)[C@H](O)[C@@H](O)[C@H]1O)c1ccccc1. The van der Waals surface area contributed by atoms with Gasteiger partial charge in [-0.2, -0.15) is 0 Å². The second kappa shape index (κ2) is 12.0. The van der Waals surface area contributed by atoms with Crippen molar-refractivity contribution >= 4 is 16.9 Å². The summed E-state index contributed by atoms with van der Waals surface area (Å²) >= 11 is 0. The Morgan fingerprint density at radius 3 is 2.24 bits per heavy atom. The second-order valence-electron chi connectivity index (χ2n) is 9.23. The van der Waals surface area contributed by atoms with E-state index >= 15 is 0 Å². The molecule has 13 heteroatoms. The molecule has 3 aromatic carbocycles. The lowest BCUT2D eigenvalue weighted by atomic mass is 9.99. The van der Waals surface area contributed by atoms with Gasteiger partial charge in [0, 0.05) is 17.7 Å². The molecule has 222 valence electrons. The van der Waals surface area contributed by atoms with E-state index in [1.165, 1.54) is 18.2 Å². The normalized spacial score (nSPS) is 21.8. The summed E-state index contributed by atoms with van der Waals surface area (Å²) in [7, 11) is 0. The number of esters is 1. The van der Waals surface area contributed by atoms with E-state index in [1.807, 2.05) is 0 Å². The fourth-order valence-corrected chi connectivity index (χ4v) is 4.31. The molecule has 0 unspecified atom stereocenters. The first-order chi connectivity index (χ1) is 19.5. The molecule has 13 nitrogen and oxygen atoms in total. The number of aliphatic hydroxyl groups is 3. The Morgan fingerprint density at radius 2 is 1.55 bits per heavy atom. The average molecular weight is 585 g/mol. The number of ether oxygens (including phenoxy) is 3. The van der Waals surface area contributed by atoms with Crippen LogP contribution in [0.4, 0.5) is 0 Å². The van der Waals surface area contributed by atoms with Crippen LogP contribution in [0, 0.1) is 0 Å². The van der Waals surface area contributed by atoms with Crippen LogP contribution in [0.2, 0.25) is 0 Å². The maximum absolute atomic E-state index is 13.5. The van der Waals surface area contributed by atoms with Gasteiger partial charge in [-0.3, -0.25) is 4.79 Å². The van der Waals surface area contributed by atoms with Crippen molar-refractivity contribution < 1.29 is 59.2 Å². The first-order valence-electron chi connectivity index (χ1n) is 12.2. The number of phenols is 4. The third kappa shape index (κ3) is 5.66. The number of aliphatic hydroxyl groups excluding tert-OH is 3. The fraction of sp³-hybridized carbons (Fsp3) is 0.241. The average Bonchev–Trinajstić information content (AvgIpc) is 2.95. The number of carbonyl (C=O) groups excluding carboxylic acids is 1. The molecular formula is C29H28O13. The van der Waals surface area contributed by atoms with Gasteiger partial charge in [-0.15, -0.1) is 0 Å². The molecule has 1 fully saturated rings. The minimum atomic E-state index is -1.92. The smallest absolute Gasteiger partial charge is 0.338 e. The van der Waals surface area contributed by atoms with Crippen LogP contribution >= 0.6 is 0 Å². The molecule has 42 heavy (non-hydrogen) atoms. The van der Waals surface area contributed by atoms with E-state index in [4.69, 9.17) is 18.6 Å². The molecule has 0 amide bonds. The molecule has 1 saturated heterocycles. The van der Waals surface area contributed by atoms with Crippen molar-refractivity contribution in [1.82, 2.24) is 0 Å². The summed E-state index contributed by atoms with van der Waals surface area (Å²) < 4.78 is 22.2. The van der Waals surface area contributed by atoms with Crippen molar-refractivity contribution in [1.29, 1.82) is 0 Å². The fourth-order valence-electron chi connectivity index (χ4n) is 4.31. The van der Waals surface area contributed by atoms with Gasteiger partial charge in [0.15, 0.2) is 17.3 Å². The molecule has 5 atom stereocenters. The Labute approximate surface area is 237 Å². The van der Waals surface area contributed by atoms with Crippen molar-refractivity contribution in [2.75, 3.05) is 6.61 Å². The summed E-state index contributed by atoms with van der Waals surface area (Å²) in [5.41, 5.74) is -1.05. The molecule has 1 aromatic heterocycles. The van der Waals surface area contributed by atoms with Gasteiger partial charge in [0.05, 0.1) is 5.56 Å². The van der Waals surface area contributed by atoms with Gasteiger partial charge >= 0.3 is 5.97 Å². The van der Waals surface area contributed by atoms with E-state index in [9.17, 15) is 45.3 Å². The van der Waals surface area contributed by atoms with Gasteiger partial charge in [-0.1, -0.05) is 25.6 Å². The van der Waals surface area contributed by atoms with E-state index in [1.54, 1.807) is 18.2 Å². The highest BCUT2D eigenvalue weighted by molar-refractivity contribution is 5.89. The number of phenolic OH excluding ortho intramolecular Hbond substituents is 4. The first-order valence-corrected chi connectivity index (χ1v) is 12.2. The van der Waals surface area contributed by atoms with Crippen LogP contribution in [-0.2, 0) is 9.47 Å². The van der Waals surface area contributed by atoms with Crippen LogP contribution in [0.15, 0.2) is 69.9 Å². The van der Waals surface area contributed by atoms with Crippen LogP contribution in [0.1, 0.15) is 17.8 Å². The molecule has 7 N–H and O–H groups in total. The number of rotatable bonds is 6. The molecule has 0 radical (unpaired) electrons. The van der Waals surface area contributed by atoms with Gasteiger partial charge in [-0.25, -0.2) is 4.79 Å². The zero-order chi connectivity index (χ0) is 29.4. The first kappa shape index (κ1) is 30.1. The van der Waals surface area contributed by atoms with Crippen LogP contribution in [0.25, 0.3) is 22.3 Å². The quantitative estimate of drug-likeness (QED) is 0.128. The Morgan fingerprint density at radius 1 is 0.833 bits per heavy atom. The molecule has 0 bridgehead atoms. The van der Waals surface area contributed by atoms with E-state index in [-0.39, 0.29) is 29.9 Å². The number of hydrogen-bond acceptors (Lipinski definition) is 13. The van der Waals surface area contributed by atoms with Crippen molar-refractivity contribution in [2.45, 2.75) is 38.1 Å². The molecule has 5 rings (SSSR count). The highest BCUT2D eigenvalue weighted by atomic mass is 16.7. The van der Waals surface area contributed by atoms with Gasteiger partial charge in [0.25, 0.3) is 0 Å². The predicted octanol–water partition coefficient (Wildman–Crippen LogP) is 1.96. The number of carbonyl (C=O) groups is 1. The lowest BCUT2D eigenvalue weighted by Crippen LogP contribution is -2.60. The van der Waals surface area contributed by atoms with Gasteiger partial charge in [0.2, 0.25) is 17.5 Å². The summed E-state index contributed by atoms with van der Waals surface area (Å²) in [4.78, 5) is 25.9. The van der Waals surface area contributed by atoms with E-state index in [0.717, 1.165) is 24.3 Å². The topological polar surface area (TPSA) is 217 Å². The van der Waals surface area contributed by atoms with Crippen molar-refractivity contribution in [2.24, 2.45) is 0 Å². The minimum Gasteiger partial charge on any atom is -0.508 e. The highest BCUT2D eigenvalue weighted by Gasteiger charge is 2.46. The standard InChI is InChI=1S/C28H24O13.CH4/c29-14-9-17(32)20-18(10-14)39-25(13-6-7-15(30)16(31)8-13)26(22(20)34)41-28-24(36)23(35)21(33)19(40-28)11-38-27(37)12-4-2-1-3-5-12;/h1-10,19,21,23-24,28-33,35-36H,11H2;1H4/t19-,21+,23+,24-,28+;/m1./s1. The maximum atomic E-state index is 13.5. The summed E-state index contributed by atoms with van der Waals surface area (Å²) in [6, 6.07) is 13.3. The largest absolute Gasteiger partial charge is 0.508 e. The third-order valence-electron chi connectivity index (χ3n) is 6.45. The molecule has 1 aliphatic heterocycles. The molecule has 0 spiro atoms. The van der Waals surface area contributed by atoms with Gasteiger partial charge < -0.3 is 54.4 Å². The van der Waals surface area contributed by atoms with E-state index in [0.29, 0.717) is 0 Å². The van der Waals surface area contributed by atoms with Crippen LogP contribution in [-0.4, -0.2) is 79.0 Å². The van der Waals surface area contributed by atoms with Crippen molar-refractivity contribution in [3.8, 4) is 40.1 Å². The molecular weight excluding hydrogens is 556 g/mol. The summed E-state index contributed by atoms with van der Waals surface area (Å²) in [5.74, 6) is -3.92. The molecule has 2 heterocycles. The van der Waals surface area contributed by atoms with Crippen LogP contribution in [0.3, 0.4) is 0 Å². The predicted molar refractivity (Wildman–Crippen MR) is 145 cm³/mol. The second-order valence-corrected chi connectivity index (χ2v) is 9.23. The Hall–Kier alpha value is -4.82. The van der Waals surface area contributed by atoms with Gasteiger partial charge in [-0.05, 0) is 30.3 Å². The minimum absolute atomic E-state index is 0. The molecule has 1 aliphatic rings. The van der Waals surface area contributed by atoms with Crippen LogP contribution < -0.4 is 10.2 Å². The summed E-state index contributed by atoms with van der Waals surface area (Å²) in [5, 5.41) is 71.1. The Bertz CT molecular complexity index is 1650. The van der Waals surface area contributed by atoms with Gasteiger partial charge in [0.1, 0.15) is 53.5 Å². The van der Waals surface area contributed by atoms with Crippen LogP contribution in [0.5, 0.6) is 28.7 Å². The Kier molecular flexibility index (Phi) is 8.59. The molecule has 4 aromatic rings. The maximum Gasteiger partial charge on any atom is 0.338 e. The lowest BCUT2D eigenvalue weighted by molar-refractivity contribution is -0.277. The van der Waals surface area contributed by atoms with Crippen molar-refractivity contribution in [3.05, 3.63) is 76.5 Å². The zero-order valence-corrected chi connectivity index (χ0v) is 20.9. The molecule has 0 saturated carbocycles. The number of benzene rings is 3. The van der Waals surface area contributed by atoms with E-state index in [2.05, 4.69) is 0 Å².